The lowest BCUT2D eigenvalue weighted by molar-refractivity contribution is 0.280. The fourth-order valence-electron chi connectivity index (χ4n) is 2.77. The van der Waals surface area contributed by atoms with Crippen molar-refractivity contribution in [2.75, 3.05) is 24.5 Å². The Morgan fingerprint density at radius 3 is 2.48 bits per heavy atom. The van der Waals surface area contributed by atoms with E-state index in [1.807, 2.05) is 0 Å². The maximum Gasteiger partial charge on any atom is 0.0642 e. The van der Waals surface area contributed by atoms with Crippen molar-refractivity contribution >= 4 is 17.3 Å². The van der Waals surface area contributed by atoms with Crippen LogP contribution < -0.4 is 10.2 Å². The molecule has 0 aromatic heterocycles. The highest BCUT2D eigenvalue weighted by Crippen LogP contribution is 2.35. The molecule has 0 bridgehead atoms. The van der Waals surface area contributed by atoms with Crippen molar-refractivity contribution < 1.29 is 0 Å². The summed E-state index contributed by atoms with van der Waals surface area (Å²) in [4.78, 5) is 2.43. The Kier molecular flexibility index (Phi) is 5.56. The van der Waals surface area contributed by atoms with Gasteiger partial charge in [-0.15, -0.1) is 0 Å². The Hall–Kier alpha value is -0.730. The monoisotopic (exact) mass is 308 g/mol. The zero-order chi connectivity index (χ0) is 15.5. The molecule has 2 nitrogen and oxygen atoms in total. The normalized spacial score (nSPS) is 18.3. The van der Waals surface area contributed by atoms with Crippen molar-refractivity contribution in [3.05, 3.63) is 28.8 Å². The minimum absolute atomic E-state index is 0.476. The van der Waals surface area contributed by atoms with E-state index < -0.39 is 0 Å². The van der Waals surface area contributed by atoms with Crippen LogP contribution in [0.3, 0.4) is 0 Å². The molecule has 118 valence electrons. The molecule has 0 atom stereocenters. The van der Waals surface area contributed by atoms with Crippen LogP contribution in [0.25, 0.3) is 0 Å². The second-order valence-electron chi connectivity index (χ2n) is 7.46. The molecule has 1 aliphatic rings. The molecule has 1 fully saturated rings. The predicted molar refractivity (Wildman–Crippen MR) is 93.2 cm³/mol. The highest BCUT2D eigenvalue weighted by Gasteiger charge is 2.26. The molecule has 21 heavy (non-hydrogen) atoms. The van der Waals surface area contributed by atoms with Crippen LogP contribution >= 0.6 is 11.6 Å². The van der Waals surface area contributed by atoms with Crippen LogP contribution in [0.15, 0.2) is 18.2 Å². The molecule has 0 saturated carbocycles. The Morgan fingerprint density at radius 2 is 1.90 bits per heavy atom. The van der Waals surface area contributed by atoms with Gasteiger partial charge in [0.1, 0.15) is 0 Å². The van der Waals surface area contributed by atoms with Crippen LogP contribution in [0, 0.1) is 11.3 Å². The van der Waals surface area contributed by atoms with Crippen LogP contribution in [0.2, 0.25) is 5.02 Å². The van der Waals surface area contributed by atoms with E-state index in [0.29, 0.717) is 11.3 Å². The third kappa shape index (κ3) is 4.89. The van der Waals surface area contributed by atoms with E-state index in [9.17, 15) is 0 Å². The van der Waals surface area contributed by atoms with Crippen LogP contribution in [0.4, 0.5) is 5.69 Å². The van der Waals surface area contributed by atoms with Gasteiger partial charge in [0.05, 0.1) is 10.7 Å². The molecule has 1 aliphatic heterocycles. The summed E-state index contributed by atoms with van der Waals surface area (Å²) in [6.45, 7) is 13.3. The Morgan fingerprint density at radius 1 is 1.24 bits per heavy atom. The standard InChI is InChI=1S/C18H29ClN2/c1-14(2)12-20-13-15-5-6-17(16(19)11-15)21-9-7-18(3,4)8-10-21/h5-6,11,14,20H,7-10,12-13H2,1-4H3. The van der Waals surface area contributed by atoms with Gasteiger partial charge < -0.3 is 10.2 Å². The van der Waals surface area contributed by atoms with Crippen LogP contribution in [0.1, 0.15) is 46.1 Å². The van der Waals surface area contributed by atoms with Crippen LogP contribution in [-0.4, -0.2) is 19.6 Å². The van der Waals surface area contributed by atoms with Gasteiger partial charge in [0.15, 0.2) is 0 Å². The summed E-state index contributed by atoms with van der Waals surface area (Å²) < 4.78 is 0. The lowest BCUT2D eigenvalue weighted by atomic mass is 9.82. The fourth-order valence-corrected chi connectivity index (χ4v) is 3.10. The molecule has 0 spiro atoms. The van der Waals surface area contributed by atoms with Crippen LogP contribution in [0.5, 0.6) is 0 Å². The Labute approximate surface area is 134 Å². The number of benzene rings is 1. The van der Waals surface area contributed by atoms with E-state index in [2.05, 4.69) is 56.1 Å². The minimum Gasteiger partial charge on any atom is -0.370 e. The molecule has 1 heterocycles. The number of hydrogen-bond donors (Lipinski definition) is 1. The minimum atomic E-state index is 0.476. The van der Waals surface area contributed by atoms with Gasteiger partial charge in [0.2, 0.25) is 0 Å². The molecule has 1 aromatic rings. The first-order valence-electron chi connectivity index (χ1n) is 8.11. The van der Waals surface area contributed by atoms with Crippen molar-refractivity contribution in [3.63, 3.8) is 0 Å². The molecule has 1 aromatic carbocycles. The highest BCUT2D eigenvalue weighted by atomic mass is 35.5. The van der Waals surface area contributed by atoms with E-state index in [1.165, 1.54) is 24.1 Å². The van der Waals surface area contributed by atoms with Crippen molar-refractivity contribution in [2.24, 2.45) is 11.3 Å². The SMILES string of the molecule is CC(C)CNCc1ccc(N2CCC(C)(C)CC2)c(Cl)c1. The summed E-state index contributed by atoms with van der Waals surface area (Å²) in [5.41, 5.74) is 2.94. The third-order valence-electron chi connectivity index (χ3n) is 4.35. The van der Waals surface area contributed by atoms with Gasteiger partial charge in [-0.3, -0.25) is 0 Å². The highest BCUT2D eigenvalue weighted by molar-refractivity contribution is 6.33. The number of rotatable bonds is 5. The van der Waals surface area contributed by atoms with Gasteiger partial charge in [0.25, 0.3) is 0 Å². The topological polar surface area (TPSA) is 15.3 Å². The van der Waals surface area contributed by atoms with Gasteiger partial charge in [0, 0.05) is 19.6 Å². The first kappa shape index (κ1) is 16.6. The zero-order valence-electron chi connectivity index (χ0n) is 13.9. The molecular weight excluding hydrogens is 280 g/mol. The molecule has 1 saturated heterocycles. The van der Waals surface area contributed by atoms with Crippen molar-refractivity contribution in [1.29, 1.82) is 0 Å². The lowest BCUT2D eigenvalue weighted by Crippen LogP contribution is -2.37. The molecule has 0 amide bonds. The quantitative estimate of drug-likeness (QED) is 0.847. The fraction of sp³-hybridized carbons (Fsp3) is 0.667. The average Bonchev–Trinajstić information content (AvgIpc) is 2.39. The maximum atomic E-state index is 6.51. The third-order valence-corrected chi connectivity index (χ3v) is 4.65. The molecule has 3 heteroatoms. The first-order valence-corrected chi connectivity index (χ1v) is 8.49. The predicted octanol–water partition coefficient (Wildman–Crippen LogP) is 4.71. The van der Waals surface area contributed by atoms with Crippen molar-refractivity contribution in [1.82, 2.24) is 5.32 Å². The molecule has 0 unspecified atom stereocenters. The molecule has 0 aliphatic carbocycles. The van der Waals surface area contributed by atoms with Crippen LogP contribution in [-0.2, 0) is 6.54 Å². The largest absolute Gasteiger partial charge is 0.370 e. The van der Waals surface area contributed by atoms with Gasteiger partial charge in [-0.25, -0.2) is 0 Å². The molecule has 2 rings (SSSR count). The van der Waals surface area contributed by atoms with E-state index in [0.717, 1.165) is 31.2 Å². The number of hydrogen-bond acceptors (Lipinski definition) is 2. The summed E-state index contributed by atoms with van der Waals surface area (Å²) >= 11 is 6.51. The Bertz CT molecular complexity index is 458. The van der Waals surface area contributed by atoms with E-state index in [4.69, 9.17) is 11.6 Å². The van der Waals surface area contributed by atoms with Crippen molar-refractivity contribution in [3.8, 4) is 0 Å². The first-order chi connectivity index (χ1) is 9.87. The average molecular weight is 309 g/mol. The number of piperidine rings is 1. The second kappa shape index (κ2) is 7.02. The number of nitrogens with zero attached hydrogens (tertiary/aromatic N) is 1. The summed E-state index contributed by atoms with van der Waals surface area (Å²) in [6, 6.07) is 6.51. The van der Waals surface area contributed by atoms with Crippen molar-refractivity contribution in [2.45, 2.75) is 47.1 Å². The zero-order valence-corrected chi connectivity index (χ0v) is 14.6. The number of nitrogens with one attached hydrogen (secondary N) is 1. The van der Waals surface area contributed by atoms with Gasteiger partial charge in [-0.1, -0.05) is 45.4 Å². The molecule has 1 N–H and O–H groups in total. The van der Waals surface area contributed by atoms with Gasteiger partial charge in [-0.05, 0) is 48.4 Å². The summed E-state index contributed by atoms with van der Waals surface area (Å²) in [6.07, 6.45) is 2.47. The summed E-state index contributed by atoms with van der Waals surface area (Å²) in [7, 11) is 0. The molecule has 0 radical (unpaired) electrons. The summed E-state index contributed by atoms with van der Waals surface area (Å²) in [5.74, 6) is 0.677. The van der Waals surface area contributed by atoms with Gasteiger partial charge >= 0.3 is 0 Å². The second-order valence-corrected chi connectivity index (χ2v) is 7.87. The lowest BCUT2D eigenvalue weighted by Gasteiger charge is -2.38. The Balaban J connectivity index is 1.96. The van der Waals surface area contributed by atoms with E-state index >= 15 is 0 Å². The molecular formula is C18H29ClN2. The van der Waals surface area contributed by atoms with E-state index in [-0.39, 0.29) is 0 Å². The summed E-state index contributed by atoms with van der Waals surface area (Å²) in [5, 5.41) is 4.35. The van der Waals surface area contributed by atoms with Gasteiger partial charge in [-0.2, -0.15) is 0 Å². The number of halogens is 1. The number of anilines is 1. The maximum absolute atomic E-state index is 6.51. The van der Waals surface area contributed by atoms with E-state index in [1.54, 1.807) is 0 Å². The smallest absolute Gasteiger partial charge is 0.0642 e.